The van der Waals surface area contributed by atoms with E-state index < -0.39 is 29.4 Å². The van der Waals surface area contributed by atoms with E-state index in [9.17, 15) is 24.3 Å². The lowest BCUT2D eigenvalue weighted by Gasteiger charge is -2.16. The van der Waals surface area contributed by atoms with Crippen molar-refractivity contribution in [3.05, 3.63) is 56.3 Å². The number of anilines is 1. The number of hydrogen-bond donors (Lipinski definition) is 2. The van der Waals surface area contributed by atoms with Crippen LogP contribution in [-0.2, 0) is 22.4 Å². The minimum absolute atomic E-state index is 0.156. The topological polar surface area (TPSA) is 128 Å². The van der Waals surface area contributed by atoms with Crippen molar-refractivity contribution in [2.24, 2.45) is 0 Å². The maximum atomic E-state index is 13.1. The monoisotopic (exact) mass is 469 g/mol. The second-order valence-electron chi connectivity index (χ2n) is 7.75. The Labute approximate surface area is 193 Å². The van der Waals surface area contributed by atoms with E-state index in [4.69, 9.17) is 4.74 Å². The van der Waals surface area contributed by atoms with Crippen LogP contribution < -0.4 is 10.9 Å². The van der Waals surface area contributed by atoms with Gasteiger partial charge in [0.2, 0.25) is 5.91 Å². The first-order valence-corrected chi connectivity index (χ1v) is 11.5. The molecule has 1 atom stereocenters. The molecular weight excluding hydrogens is 446 g/mol. The van der Waals surface area contributed by atoms with E-state index >= 15 is 0 Å². The summed E-state index contributed by atoms with van der Waals surface area (Å²) < 4.78 is 6.09. The number of hydrogen-bond acceptors (Lipinski definition) is 7. The van der Waals surface area contributed by atoms with Gasteiger partial charge in [-0.2, -0.15) is 5.10 Å². The van der Waals surface area contributed by atoms with Crippen LogP contribution in [0.5, 0.6) is 0 Å². The maximum Gasteiger partial charge on any atom is 0.357 e. The first kappa shape index (κ1) is 22.7. The number of fused-ring (bicyclic) bond motifs is 2. The number of esters is 1. The molecule has 0 bridgehead atoms. The number of carbonyl (C=O) groups excluding carboxylic acids is 2. The minimum Gasteiger partial charge on any atom is -0.476 e. The molecule has 9 nitrogen and oxygen atoms in total. The van der Waals surface area contributed by atoms with Gasteiger partial charge in [-0.3, -0.25) is 9.59 Å². The number of nitrogens with one attached hydrogen (secondary N) is 1. The quantitative estimate of drug-likeness (QED) is 0.530. The third-order valence-electron chi connectivity index (χ3n) is 5.66. The summed E-state index contributed by atoms with van der Waals surface area (Å²) in [4.78, 5) is 51.5. The summed E-state index contributed by atoms with van der Waals surface area (Å²) >= 11 is 1.34. The number of benzene rings is 1. The molecular formula is C23H23N3O6S. The molecule has 33 heavy (non-hydrogen) atoms. The molecule has 1 aliphatic carbocycles. The third kappa shape index (κ3) is 4.13. The zero-order valence-corrected chi connectivity index (χ0v) is 19.0. The number of carbonyl (C=O) groups is 3. The highest BCUT2D eigenvalue weighted by Gasteiger charge is 2.29. The number of aryl methyl sites for hydroxylation is 1. The van der Waals surface area contributed by atoms with E-state index in [-0.39, 0.29) is 23.1 Å². The smallest absolute Gasteiger partial charge is 0.357 e. The average Bonchev–Trinajstić information content (AvgIpc) is 3.16. The molecule has 172 valence electrons. The van der Waals surface area contributed by atoms with E-state index in [2.05, 4.69) is 10.4 Å². The lowest BCUT2D eigenvalue weighted by molar-refractivity contribution is -0.119. The number of rotatable bonds is 6. The van der Waals surface area contributed by atoms with Crippen LogP contribution in [0.15, 0.2) is 29.1 Å². The summed E-state index contributed by atoms with van der Waals surface area (Å²) in [7, 11) is 0. The summed E-state index contributed by atoms with van der Waals surface area (Å²) in [6, 6.07) is 5.12. The fourth-order valence-corrected chi connectivity index (χ4v) is 5.31. The lowest BCUT2D eigenvalue weighted by atomic mass is 9.95. The van der Waals surface area contributed by atoms with Gasteiger partial charge in [0.05, 0.1) is 17.6 Å². The van der Waals surface area contributed by atoms with Crippen molar-refractivity contribution in [1.29, 1.82) is 0 Å². The molecule has 4 rings (SSSR count). The molecule has 0 saturated carbocycles. The van der Waals surface area contributed by atoms with Gasteiger partial charge in [-0.25, -0.2) is 14.3 Å². The van der Waals surface area contributed by atoms with Crippen LogP contribution in [0.3, 0.4) is 0 Å². The molecule has 0 aliphatic heterocycles. The van der Waals surface area contributed by atoms with Crippen LogP contribution in [0.1, 0.15) is 64.0 Å². The second-order valence-corrected chi connectivity index (χ2v) is 8.85. The van der Waals surface area contributed by atoms with Gasteiger partial charge < -0.3 is 15.2 Å². The summed E-state index contributed by atoms with van der Waals surface area (Å²) in [5.74, 6) is -2.38. The lowest BCUT2D eigenvalue weighted by Crippen LogP contribution is -2.35. The molecule has 2 heterocycles. The Kier molecular flexibility index (Phi) is 6.28. The highest BCUT2D eigenvalue weighted by molar-refractivity contribution is 7.17. The molecule has 1 aliphatic rings. The normalized spacial score (nSPS) is 13.9. The number of amides is 1. The van der Waals surface area contributed by atoms with Gasteiger partial charge in [-0.15, -0.1) is 11.3 Å². The fourth-order valence-electron chi connectivity index (χ4n) is 4.03. The molecule has 0 radical (unpaired) electrons. The summed E-state index contributed by atoms with van der Waals surface area (Å²) in [5.41, 5.74) is 0.377. The van der Waals surface area contributed by atoms with Gasteiger partial charge in [0, 0.05) is 10.3 Å². The molecule has 0 spiro atoms. The van der Waals surface area contributed by atoms with Crippen molar-refractivity contribution in [1.82, 2.24) is 9.78 Å². The molecule has 10 heteroatoms. The zero-order chi connectivity index (χ0) is 23.7. The number of carboxylic acids is 1. The summed E-state index contributed by atoms with van der Waals surface area (Å²) in [5, 5.41) is 17.0. The molecule has 1 aromatic carbocycles. The molecule has 2 aromatic heterocycles. The molecule has 1 unspecified atom stereocenters. The number of aromatic carboxylic acids is 1. The van der Waals surface area contributed by atoms with E-state index in [1.807, 2.05) is 0 Å². The van der Waals surface area contributed by atoms with Gasteiger partial charge >= 0.3 is 11.9 Å². The Morgan fingerprint density at radius 2 is 1.91 bits per heavy atom. The standard InChI is InChI=1S/C23H23N3O6S/c1-3-32-23(31)17-15-10-6-7-11-16(15)33-20(17)24-19(27)12(2)26-21(28)14-9-5-4-8-13(14)18(25-26)22(29)30/h4-5,8-9,12H,3,6-7,10-11H2,1-2H3,(H,24,27)(H,29,30). The molecule has 2 N–H and O–H groups in total. The van der Waals surface area contributed by atoms with Gasteiger partial charge in [0.1, 0.15) is 11.0 Å². The molecule has 0 saturated heterocycles. The molecule has 1 amide bonds. The molecule has 0 fully saturated rings. The Balaban J connectivity index is 1.72. The second kappa shape index (κ2) is 9.14. The zero-order valence-electron chi connectivity index (χ0n) is 18.2. The Morgan fingerprint density at radius 3 is 2.61 bits per heavy atom. The van der Waals surface area contributed by atoms with Crippen LogP contribution in [0.25, 0.3) is 10.8 Å². The van der Waals surface area contributed by atoms with Crippen LogP contribution in [0.2, 0.25) is 0 Å². The SMILES string of the molecule is CCOC(=O)c1c(NC(=O)C(C)n2nc(C(=O)O)c3ccccc3c2=O)sc2c1CCCC2. The van der Waals surface area contributed by atoms with E-state index in [1.165, 1.54) is 30.4 Å². The first-order chi connectivity index (χ1) is 15.8. The van der Waals surface area contributed by atoms with Crippen LogP contribution in [0, 0.1) is 0 Å². The predicted molar refractivity (Wildman–Crippen MR) is 123 cm³/mol. The summed E-state index contributed by atoms with van der Waals surface area (Å²) in [6.45, 7) is 3.39. The Hall–Kier alpha value is -3.53. The Morgan fingerprint density at radius 1 is 1.21 bits per heavy atom. The maximum absolute atomic E-state index is 13.1. The van der Waals surface area contributed by atoms with Gasteiger partial charge in [0.25, 0.3) is 5.56 Å². The van der Waals surface area contributed by atoms with Gasteiger partial charge in [-0.1, -0.05) is 18.2 Å². The predicted octanol–water partition coefficient (Wildman–Crippen LogP) is 3.41. The number of carboxylic acid groups (broad SMARTS) is 1. The fraction of sp³-hybridized carbons (Fsp3) is 0.348. The van der Waals surface area contributed by atoms with Crippen LogP contribution in [-0.4, -0.2) is 39.3 Å². The van der Waals surface area contributed by atoms with Crippen molar-refractivity contribution in [3.63, 3.8) is 0 Å². The summed E-state index contributed by atoms with van der Waals surface area (Å²) in [6.07, 6.45) is 3.52. The minimum atomic E-state index is -1.30. The first-order valence-electron chi connectivity index (χ1n) is 10.7. The third-order valence-corrected chi connectivity index (χ3v) is 6.87. The highest BCUT2D eigenvalue weighted by Crippen LogP contribution is 2.39. The number of thiophene rings is 1. The average molecular weight is 470 g/mol. The van der Waals surface area contributed by atoms with E-state index in [1.54, 1.807) is 19.1 Å². The number of aromatic nitrogens is 2. The largest absolute Gasteiger partial charge is 0.476 e. The van der Waals surface area contributed by atoms with Crippen molar-refractivity contribution in [2.75, 3.05) is 11.9 Å². The van der Waals surface area contributed by atoms with E-state index in [0.717, 1.165) is 40.8 Å². The number of nitrogens with zero attached hydrogens (tertiary/aromatic N) is 2. The van der Waals surface area contributed by atoms with Crippen LogP contribution in [0.4, 0.5) is 5.00 Å². The van der Waals surface area contributed by atoms with Gasteiger partial charge in [-0.05, 0) is 51.2 Å². The van der Waals surface area contributed by atoms with E-state index in [0.29, 0.717) is 10.6 Å². The van der Waals surface area contributed by atoms with Crippen molar-refractivity contribution in [3.8, 4) is 0 Å². The number of ether oxygens (including phenoxy) is 1. The van der Waals surface area contributed by atoms with Crippen molar-refractivity contribution < 1.29 is 24.2 Å². The Bertz CT molecular complexity index is 1330. The van der Waals surface area contributed by atoms with Crippen molar-refractivity contribution >= 4 is 45.0 Å². The highest BCUT2D eigenvalue weighted by atomic mass is 32.1. The molecule has 3 aromatic rings. The van der Waals surface area contributed by atoms with Gasteiger partial charge in [0.15, 0.2) is 5.69 Å². The van der Waals surface area contributed by atoms with Crippen molar-refractivity contribution in [2.45, 2.75) is 45.6 Å². The van der Waals surface area contributed by atoms with Crippen LogP contribution >= 0.6 is 11.3 Å².